The molecule has 0 spiro atoms. The molecule has 0 saturated heterocycles. The van der Waals surface area contributed by atoms with Crippen molar-refractivity contribution in [3.63, 3.8) is 0 Å². The Morgan fingerprint density at radius 2 is 2.11 bits per heavy atom. The molecular weight excluding hydrogens is 240 g/mol. The molecule has 1 aromatic heterocycles. The van der Waals surface area contributed by atoms with Gasteiger partial charge in [-0.15, -0.1) is 0 Å². The van der Waals surface area contributed by atoms with Gasteiger partial charge in [0.1, 0.15) is 5.82 Å². The summed E-state index contributed by atoms with van der Waals surface area (Å²) >= 11 is 0. The molecule has 4 N–H and O–H groups in total. The fraction of sp³-hybridized carbons (Fsp3) is 0.429. The Morgan fingerprint density at radius 1 is 1.32 bits per heavy atom. The molecule has 1 heterocycles. The van der Waals surface area contributed by atoms with Gasteiger partial charge in [-0.2, -0.15) is 4.98 Å². The third kappa shape index (κ3) is 3.32. The molecule has 0 aliphatic heterocycles. The van der Waals surface area contributed by atoms with Crippen LogP contribution in [0.3, 0.4) is 0 Å². The van der Waals surface area contributed by atoms with Crippen LogP contribution in [-0.2, 0) is 0 Å². The highest BCUT2D eigenvalue weighted by Gasteiger charge is 2.09. The number of aliphatic hydroxyl groups excluding tert-OH is 1. The van der Waals surface area contributed by atoms with Crippen molar-refractivity contribution < 1.29 is 5.11 Å². The monoisotopic (exact) mass is 260 g/mol. The summed E-state index contributed by atoms with van der Waals surface area (Å²) in [7, 11) is 0. The molecule has 2 rings (SSSR count). The molecule has 0 saturated carbocycles. The number of nitrogen functional groups attached to an aromatic ring is 1. The largest absolute Gasteiger partial charge is 0.396 e. The number of fused-ring (bicyclic) bond motifs is 1. The van der Waals surface area contributed by atoms with Crippen LogP contribution in [0.1, 0.15) is 19.8 Å². The summed E-state index contributed by atoms with van der Waals surface area (Å²) in [6.45, 7) is 3.11. The van der Waals surface area contributed by atoms with E-state index in [0.29, 0.717) is 5.92 Å². The summed E-state index contributed by atoms with van der Waals surface area (Å²) in [6.07, 6.45) is 1.81. The maximum atomic E-state index is 9.01. The second-order valence-electron chi connectivity index (χ2n) is 4.62. The summed E-state index contributed by atoms with van der Waals surface area (Å²) in [4.78, 5) is 8.47. The van der Waals surface area contributed by atoms with Gasteiger partial charge in [-0.1, -0.05) is 25.5 Å². The third-order valence-electron chi connectivity index (χ3n) is 3.29. The number of nitrogens with zero attached hydrogens (tertiary/aromatic N) is 2. The Bertz CT molecular complexity index is 544. The maximum Gasteiger partial charge on any atom is 0.222 e. The van der Waals surface area contributed by atoms with E-state index in [1.807, 2.05) is 24.3 Å². The minimum absolute atomic E-state index is 0.215. The first-order chi connectivity index (χ1) is 9.24. The van der Waals surface area contributed by atoms with E-state index in [0.717, 1.165) is 36.1 Å². The molecule has 5 heteroatoms. The summed E-state index contributed by atoms with van der Waals surface area (Å²) in [5.74, 6) is 1.47. The van der Waals surface area contributed by atoms with Gasteiger partial charge >= 0.3 is 0 Å². The van der Waals surface area contributed by atoms with Crippen molar-refractivity contribution in [2.75, 3.05) is 24.2 Å². The molecule has 1 aromatic carbocycles. The Morgan fingerprint density at radius 3 is 2.84 bits per heavy atom. The van der Waals surface area contributed by atoms with Crippen LogP contribution in [0.15, 0.2) is 24.3 Å². The highest BCUT2D eigenvalue weighted by atomic mass is 16.3. The normalized spacial score (nSPS) is 12.5. The van der Waals surface area contributed by atoms with Crippen LogP contribution in [0, 0.1) is 5.92 Å². The first-order valence-electron chi connectivity index (χ1n) is 6.61. The van der Waals surface area contributed by atoms with Crippen LogP contribution in [0.2, 0.25) is 0 Å². The van der Waals surface area contributed by atoms with Gasteiger partial charge in [0.15, 0.2) is 0 Å². The van der Waals surface area contributed by atoms with Gasteiger partial charge in [-0.05, 0) is 24.5 Å². The topological polar surface area (TPSA) is 84.1 Å². The molecule has 2 aromatic rings. The minimum atomic E-state index is 0.215. The van der Waals surface area contributed by atoms with Crippen molar-refractivity contribution in [3.05, 3.63) is 24.3 Å². The lowest BCUT2D eigenvalue weighted by atomic mass is 10.0. The van der Waals surface area contributed by atoms with Gasteiger partial charge in [-0.3, -0.25) is 0 Å². The summed E-state index contributed by atoms with van der Waals surface area (Å²) < 4.78 is 0. The lowest BCUT2D eigenvalue weighted by Crippen LogP contribution is -2.16. The zero-order chi connectivity index (χ0) is 13.7. The first kappa shape index (κ1) is 13.5. The number of para-hydroxylation sites is 1. The molecule has 1 unspecified atom stereocenters. The van der Waals surface area contributed by atoms with Crippen LogP contribution in [-0.4, -0.2) is 28.2 Å². The number of aromatic nitrogens is 2. The summed E-state index contributed by atoms with van der Waals surface area (Å²) in [6, 6.07) is 7.78. The molecule has 5 nitrogen and oxygen atoms in total. The average molecular weight is 260 g/mol. The number of nitrogens with one attached hydrogen (secondary N) is 1. The Labute approximate surface area is 112 Å². The SMILES string of the molecule is CCC(CCO)CNc1nc(N)nc2ccccc12. The summed E-state index contributed by atoms with van der Waals surface area (Å²) in [5.41, 5.74) is 6.56. The Balaban J connectivity index is 2.20. The van der Waals surface area contributed by atoms with Crippen LogP contribution in [0.5, 0.6) is 0 Å². The van der Waals surface area contributed by atoms with Gasteiger partial charge in [0.25, 0.3) is 0 Å². The highest BCUT2D eigenvalue weighted by molar-refractivity contribution is 5.89. The number of nitrogens with two attached hydrogens (primary N) is 1. The molecule has 0 radical (unpaired) electrons. The van der Waals surface area contributed by atoms with Crippen LogP contribution in [0.4, 0.5) is 11.8 Å². The first-order valence-corrected chi connectivity index (χ1v) is 6.61. The van der Waals surface area contributed by atoms with Crippen LogP contribution in [0.25, 0.3) is 10.9 Å². The third-order valence-corrected chi connectivity index (χ3v) is 3.29. The molecule has 102 valence electrons. The predicted molar refractivity (Wildman–Crippen MR) is 77.9 cm³/mol. The van der Waals surface area contributed by atoms with E-state index in [-0.39, 0.29) is 12.6 Å². The van der Waals surface area contributed by atoms with Crippen molar-refractivity contribution in [1.29, 1.82) is 0 Å². The van der Waals surface area contributed by atoms with Gasteiger partial charge in [-0.25, -0.2) is 4.98 Å². The predicted octanol–water partition coefficient (Wildman–Crippen LogP) is 2.03. The lowest BCUT2D eigenvalue weighted by Gasteiger charge is -2.15. The lowest BCUT2D eigenvalue weighted by molar-refractivity contribution is 0.258. The molecule has 1 atom stereocenters. The molecule has 0 aliphatic carbocycles. The molecule has 0 fully saturated rings. The number of hydrogen-bond donors (Lipinski definition) is 3. The van der Waals surface area contributed by atoms with Crippen molar-refractivity contribution in [3.8, 4) is 0 Å². The number of anilines is 2. The zero-order valence-electron chi connectivity index (χ0n) is 11.1. The highest BCUT2D eigenvalue weighted by Crippen LogP contribution is 2.21. The quantitative estimate of drug-likeness (QED) is 0.740. The van der Waals surface area contributed by atoms with Crippen molar-refractivity contribution in [1.82, 2.24) is 9.97 Å². The van der Waals surface area contributed by atoms with E-state index in [2.05, 4.69) is 22.2 Å². The smallest absolute Gasteiger partial charge is 0.222 e. The zero-order valence-corrected chi connectivity index (χ0v) is 11.1. The molecular formula is C14H20N4O. The van der Waals surface area contributed by atoms with Crippen molar-refractivity contribution >= 4 is 22.7 Å². The fourth-order valence-electron chi connectivity index (χ4n) is 2.10. The molecule has 19 heavy (non-hydrogen) atoms. The van der Waals surface area contributed by atoms with Crippen molar-refractivity contribution in [2.24, 2.45) is 5.92 Å². The number of hydrogen-bond acceptors (Lipinski definition) is 5. The van der Waals surface area contributed by atoms with E-state index < -0.39 is 0 Å². The Hall–Kier alpha value is -1.88. The average Bonchev–Trinajstić information content (AvgIpc) is 2.43. The maximum absolute atomic E-state index is 9.01. The standard InChI is InChI=1S/C14H20N4O/c1-2-10(7-8-19)9-16-13-11-5-3-4-6-12(11)17-14(15)18-13/h3-6,10,19H,2,7-9H2,1H3,(H3,15,16,17,18). The summed E-state index contributed by atoms with van der Waals surface area (Å²) in [5, 5.41) is 13.3. The Kier molecular flexibility index (Phi) is 4.52. The van der Waals surface area contributed by atoms with Gasteiger partial charge in [0.2, 0.25) is 5.95 Å². The fourth-order valence-corrected chi connectivity index (χ4v) is 2.10. The molecule has 0 bridgehead atoms. The second-order valence-corrected chi connectivity index (χ2v) is 4.62. The second kappa shape index (κ2) is 6.33. The van der Waals surface area contributed by atoms with E-state index in [1.165, 1.54) is 0 Å². The van der Waals surface area contributed by atoms with E-state index in [1.54, 1.807) is 0 Å². The van der Waals surface area contributed by atoms with Crippen molar-refractivity contribution in [2.45, 2.75) is 19.8 Å². The van der Waals surface area contributed by atoms with E-state index in [4.69, 9.17) is 10.8 Å². The van der Waals surface area contributed by atoms with E-state index >= 15 is 0 Å². The number of aliphatic hydroxyl groups is 1. The van der Waals surface area contributed by atoms with Crippen LogP contribution >= 0.6 is 0 Å². The number of rotatable bonds is 6. The van der Waals surface area contributed by atoms with Gasteiger partial charge in [0, 0.05) is 18.5 Å². The van der Waals surface area contributed by atoms with Crippen LogP contribution < -0.4 is 11.1 Å². The van der Waals surface area contributed by atoms with E-state index in [9.17, 15) is 0 Å². The van der Waals surface area contributed by atoms with Gasteiger partial charge < -0.3 is 16.2 Å². The van der Waals surface area contributed by atoms with Gasteiger partial charge in [0.05, 0.1) is 5.52 Å². The number of benzene rings is 1. The minimum Gasteiger partial charge on any atom is -0.396 e. The molecule has 0 amide bonds. The molecule has 0 aliphatic rings.